The maximum atomic E-state index is 4.97. The van der Waals surface area contributed by atoms with Crippen molar-refractivity contribution < 1.29 is 4.84 Å². The lowest BCUT2D eigenvalue weighted by atomic mass is 10.2. The van der Waals surface area contributed by atoms with Gasteiger partial charge < -0.3 is 4.84 Å². The number of hydrogen-bond acceptors (Lipinski definition) is 3. The molecule has 1 aliphatic rings. The maximum Gasteiger partial charge on any atom is 0.173 e. The smallest absolute Gasteiger partial charge is 0.173 e. The van der Waals surface area contributed by atoms with Crippen LogP contribution in [0.3, 0.4) is 0 Å². The Morgan fingerprint density at radius 1 is 1.55 bits per heavy atom. The third kappa shape index (κ3) is 1.85. The van der Waals surface area contributed by atoms with E-state index in [2.05, 4.69) is 17.6 Å². The summed E-state index contributed by atoms with van der Waals surface area (Å²) in [5.74, 6) is 0.728. The average Bonchev–Trinajstić information content (AvgIpc) is 2.34. The largest absolute Gasteiger partial charge is 0.387 e. The van der Waals surface area contributed by atoms with Crippen LogP contribution in [0.4, 0.5) is 0 Å². The van der Waals surface area contributed by atoms with Crippen LogP contribution in [0.1, 0.15) is 13.8 Å². The van der Waals surface area contributed by atoms with Crippen molar-refractivity contribution in [1.82, 2.24) is 11.0 Å². The summed E-state index contributed by atoms with van der Waals surface area (Å²) in [6.07, 6.45) is 3.64. The Bertz CT molecular complexity index is 224. The highest BCUT2D eigenvalue weighted by Crippen LogP contribution is 2.10. The Morgan fingerprint density at radius 3 is 2.82 bits per heavy atom. The molecule has 1 rings (SSSR count). The molecule has 3 heteroatoms. The van der Waals surface area contributed by atoms with E-state index >= 15 is 0 Å². The molecular weight excluding hydrogens is 140 g/mol. The van der Waals surface area contributed by atoms with Crippen LogP contribution in [-0.4, -0.2) is 0 Å². The topological polar surface area (TPSA) is 33.3 Å². The maximum absolute atomic E-state index is 4.97. The molecule has 0 saturated carbocycles. The minimum Gasteiger partial charge on any atom is -0.387 e. The number of hydrazine groups is 1. The number of nitrogens with one attached hydrogen (secondary N) is 2. The molecular formula is C8H12N2O. The van der Waals surface area contributed by atoms with E-state index in [-0.39, 0.29) is 0 Å². The fraction of sp³-hybridized carbons (Fsp3) is 0.250. The molecule has 3 nitrogen and oxygen atoms in total. The highest BCUT2D eigenvalue weighted by Gasteiger charge is 2.08. The fourth-order valence-corrected chi connectivity index (χ4v) is 0.800. The summed E-state index contributed by atoms with van der Waals surface area (Å²) >= 11 is 0. The summed E-state index contributed by atoms with van der Waals surface area (Å²) in [6.45, 7) is 7.65. The van der Waals surface area contributed by atoms with Gasteiger partial charge in [0.15, 0.2) is 5.76 Å². The SMILES string of the molecule is C=CC1=C(C=C(C)C)NNO1. The summed E-state index contributed by atoms with van der Waals surface area (Å²) in [6, 6.07) is 0. The molecule has 0 atom stereocenters. The lowest BCUT2D eigenvalue weighted by Crippen LogP contribution is -2.21. The van der Waals surface area contributed by atoms with Crippen LogP contribution in [0.2, 0.25) is 0 Å². The summed E-state index contributed by atoms with van der Waals surface area (Å²) in [7, 11) is 0. The summed E-state index contributed by atoms with van der Waals surface area (Å²) in [4.78, 5) is 4.97. The van der Waals surface area contributed by atoms with Gasteiger partial charge in [-0.3, -0.25) is 5.43 Å². The average molecular weight is 152 g/mol. The normalized spacial score (nSPS) is 15.5. The third-order valence-electron chi connectivity index (χ3n) is 1.23. The fourth-order valence-electron chi connectivity index (χ4n) is 0.800. The highest BCUT2D eigenvalue weighted by atomic mass is 16.7. The van der Waals surface area contributed by atoms with Crippen LogP contribution >= 0.6 is 0 Å². The van der Waals surface area contributed by atoms with E-state index in [1.54, 1.807) is 6.08 Å². The first-order chi connectivity index (χ1) is 5.24. The van der Waals surface area contributed by atoms with Gasteiger partial charge in [0.25, 0.3) is 0 Å². The molecule has 60 valence electrons. The first kappa shape index (κ1) is 7.88. The molecule has 1 aliphatic heterocycles. The van der Waals surface area contributed by atoms with Gasteiger partial charge in [0, 0.05) is 0 Å². The molecule has 0 unspecified atom stereocenters. The molecule has 1 heterocycles. The second kappa shape index (κ2) is 3.25. The van der Waals surface area contributed by atoms with E-state index in [9.17, 15) is 0 Å². The van der Waals surface area contributed by atoms with E-state index < -0.39 is 0 Å². The Hall–Kier alpha value is -1.22. The van der Waals surface area contributed by atoms with Crippen molar-refractivity contribution in [3.8, 4) is 0 Å². The number of hydrogen-bond donors (Lipinski definition) is 2. The lowest BCUT2D eigenvalue weighted by Gasteiger charge is -1.93. The predicted molar refractivity (Wildman–Crippen MR) is 44.0 cm³/mol. The van der Waals surface area contributed by atoms with Crippen molar-refractivity contribution >= 4 is 0 Å². The van der Waals surface area contributed by atoms with Crippen molar-refractivity contribution in [3.63, 3.8) is 0 Å². The number of allylic oxidation sites excluding steroid dienone is 3. The Labute approximate surface area is 66.4 Å². The van der Waals surface area contributed by atoms with Gasteiger partial charge in [-0.05, 0) is 26.0 Å². The first-order valence-corrected chi connectivity index (χ1v) is 3.43. The van der Waals surface area contributed by atoms with Gasteiger partial charge in [-0.15, -0.1) is 0 Å². The molecule has 0 spiro atoms. The Kier molecular flexibility index (Phi) is 2.33. The molecule has 2 N–H and O–H groups in total. The van der Waals surface area contributed by atoms with E-state index in [1.165, 1.54) is 5.57 Å². The van der Waals surface area contributed by atoms with Crippen LogP contribution in [0, 0.1) is 0 Å². The van der Waals surface area contributed by atoms with Gasteiger partial charge in [-0.1, -0.05) is 17.7 Å². The molecule has 0 aromatic carbocycles. The molecule has 11 heavy (non-hydrogen) atoms. The third-order valence-corrected chi connectivity index (χ3v) is 1.23. The quantitative estimate of drug-likeness (QED) is 0.627. The zero-order valence-electron chi connectivity index (χ0n) is 6.77. The summed E-state index contributed by atoms with van der Waals surface area (Å²) in [5, 5.41) is 0. The van der Waals surface area contributed by atoms with E-state index in [0.29, 0.717) is 0 Å². The molecule has 0 amide bonds. The van der Waals surface area contributed by atoms with Crippen LogP contribution < -0.4 is 11.0 Å². The molecule has 0 aromatic heterocycles. The van der Waals surface area contributed by atoms with Gasteiger partial charge in [-0.25, -0.2) is 0 Å². The van der Waals surface area contributed by atoms with E-state index in [0.717, 1.165) is 11.5 Å². The Morgan fingerprint density at radius 2 is 2.27 bits per heavy atom. The predicted octanol–water partition coefficient (Wildman–Crippen LogP) is 1.39. The highest BCUT2D eigenvalue weighted by molar-refractivity contribution is 5.29. The van der Waals surface area contributed by atoms with Crippen LogP contribution in [0.25, 0.3) is 0 Å². The second-order valence-corrected chi connectivity index (χ2v) is 2.53. The van der Waals surface area contributed by atoms with Gasteiger partial charge in [0.1, 0.15) is 0 Å². The van der Waals surface area contributed by atoms with Crippen molar-refractivity contribution in [1.29, 1.82) is 0 Å². The molecule has 0 saturated heterocycles. The van der Waals surface area contributed by atoms with Crippen molar-refractivity contribution in [2.75, 3.05) is 0 Å². The van der Waals surface area contributed by atoms with Gasteiger partial charge in [0.05, 0.1) is 5.70 Å². The standard InChI is InChI=1S/C8H12N2O/c1-4-8-7(5-6(2)3)9-10-11-8/h4-5,9-10H,1H2,2-3H3. The molecule has 0 aromatic rings. The number of rotatable bonds is 2. The van der Waals surface area contributed by atoms with E-state index in [4.69, 9.17) is 4.84 Å². The van der Waals surface area contributed by atoms with Crippen LogP contribution in [0.5, 0.6) is 0 Å². The van der Waals surface area contributed by atoms with Crippen LogP contribution in [-0.2, 0) is 4.84 Å². The Balaban J connectivity index is 2.83. The van der Waals surface area contributed by atoms with Gasteiger partial charge >= 0.3 is 0 Å². The van der Waals surface area contributed by atoms with Gasteiger partial charge in [0.2, 0.25) is 0 Å². The van der Waals surface area contributed by atoms with Crippen molar-refractivity contribution in [2.45, 2.75) is 13.8 Å². The first-order valence-electron chi connectivity index (χ1n) is 3.43. The summed E-state index contributed by atoms with van der Waals surface area (Å²) in [5.41, 5.74) is 7.51. The van der Waals surface area contributed by atoms with Crippen LogP contribution in [0.15, 0.2) is 35.8 Å². The van der Waals surface area contributed by atoms with E-state index in [1.807, 2.05) is 19.9 Å². The van der Waals surface area contributed by atoms with Crippen molar-refractivity contribution in [3.05, 3.63) is 35.8 Å². The summed E-state index contributed by atoms with van der Waals surface area (Å²) < 4.78 is 0. The molecule has 0 bridgehead atoms. The zero-order valence-corrected chi connectivity index (χ0v) is 6.77. The lowest BCUT2D eigenvalue weighted by molar-refractivity contribution is 0.120. The second-order valence-electron chi connectivity index (χ2n) is 2.53. The van der Waals surface area contributed by atoms with Gasteiger partial charge in [-0.2, -0.15) is 0 Å². The zero-order chi connectivity index (χ0) is 8.27. The molecule has 0 aliphatic carbocycles. The van der Waals surface area contributed by atoms with Crippen molar-refractivity contribution in [2.24, 2.45) is 0 Å². The minimum atomic E-state index is 0.728. The minimum absolute atomic E-state index is 0.728. The molecule has 0 fully saturated rings. The molecule has 0 radical (unpaired) electrons. The monoisotopic (exact) mass is 152 g/mol.